The van der Waals surface area contributed by atoms with Gasteiger partial charge in [-0.1, -0.05) is 13.3 Å². The van der Waals surface area contributed by atoms with E-state index < -0.39 is 0 Å². The first-order valence-corrected chi connectivity index (χ1v) is 4.42. The molecule has 0 unspecified atom stereocenters. The summed E-state index contributed by atoms with van der Waals surface area (Å²) in [5.74, 6) is 0. The summed E-state index contributed by atoms with van der Waals surface area (Å²) >= 11 is 1.64. The number of rotatable bonds is 3. The van der Waals surface area contributed by atoms with Gasteiger partial charge < -0.3 is 5.11 Å². The summed E-state index contributed by atoms with van der Waals surface area (Å²) < 4.78 is 0. The summed E-state index contributed by atoms with van der Waals surface area (Å²) in [6.45, 7) is 2.35. The van der Waals surface area contributed by atoms with Gasteiger partial charge in [0.05, 0.1) is 6.61 Å². The van der Waals surface area contributed by atoms with E-state index >= 15 is 0 Å². The molecular weight excluding hydrogens is 144 g/mol. The van der Waals surface area contributed by atoms with Gasteiger partial charge in [0.15, 0.2) is 0 Å². The molecule has 0 aliphatic heterocycles. The second-order valence-corrected chi connectivity index (χ2v) is 3.28. The summed E-state index contributed by atoms with van der Waals surface area (Å²) in [4.78, 5) is 1.13. The van der Waals surface area contributed by atoms with Crippen molar-refractivity contribution in [3.63, 3.8) is 0 Å². The van der Waals surface area contributed by atoms with Crippen molar-refractivity contribution in [1.29, 1.82) is 0 Å². The molecule has 1 aromatic rings. The van der Waals surface area contributed by atoms with E-state index in [1.165, 1.54) is 5.56 Å². The molecule has 0 aliphatic carbocycles. The predicted octanol–water partition coefficient (Wildman–Crippen LogP) is 2.19. The maximum Gasteiger partial charge on any atom is 0.0777 e. The molecule has 0 radical (unpaired) electrons. The van der Waals surface area contributed by atoms with Gasteiger partial charge in [-0.3, -0.25) is 0 Å². The van der Waals surface area contributed by atoms with Crippen molar-refractivity contribution in [2.45, 2.75) is 26.4 Å². The van der Waals surface area contributed by atoms with Gasteiger partial charge in [-0.2, -0.15) is 0 Å². The van der Waals surface area contributed by atoms with Gasteiger partial charge in [0, 0.05) is 4.88 Å². The lowest BCUT2D eigenvalue weighted by Gasteiger charge is -1.95. The topological polar surface area (TPSA) is 20.2 Å². The highest BCUT2D eigenvalue weighted by Gasteiger charge is 1.99. The molecule has 0 spiro atoms. The van der Waals surface area contributed by atoms with E-state index in [4.69, 9.17) is 5.11 Å². The number of aryl methyl sites for hydroxylation is 1. The van der Waals surface area contributed by atoms with Crippen LogP contribution in [0.1, 0.15) is 23.8 Å². The van der Waals surface area contributed by atoms with E-state index in [2.05, 4.69) is 13.0 Å². The fourth-order valence-electron chi connectivity index (χ4n) is 0.998. The molecule has 10 heavy (non-hydrogen) atoms. The van der Waals surface area contributed by atoms with Gasteiger partial charge in [0.1, 0.15) is 0 Å². The third kappa shape index (κ3) is 1.58. The van der Waals surface area contributed by atoms with Gasteiger partial charge in [0.25, 0.3) is 0 Å². The fraction of sp³-hybridized carbons (Fsp3) is 0.500. The molecule has 0 atom stereocenters. The van der Waals surface area contributed by atoms with Gasteiger partial charge in [-0.15, -0.1) is 11.3 Å². The zero-order valence-electron chi connectivity index (χ0n) is 6.13. The molecule has 1 N–H and O–H groups in total. The summed E-state index contributed by atoms with van der Waals surface area (Å²) in [6.07, 6.45) is 2.25. The quantitative estimate of drug-likeness (QED) is 0.711. The van der Waals surface area contributed by atoms with Gasteiger partial charge in [-0.05, 0) is 23.4 Å². The maximum atomic E-state index is 8.84. The van der Waals surface area contributed by atoms with Crippen LogP contribution in [-0.4, -0.2) is 5.11 Å². The lowest BCUT2D eigenvalue weighted by atomic mass is 10.1. The van der Waals surface area contributed by atoms with E-state index in [1.807, 2.05) is 5.38 Å². The molecule has 2 heteroatoms. The Morgan fingerprint density at radius 1 is 1.60 bits per heavy atom. The Bertz CT molecular complexity index is 193. The van der Waals surface area contributed by atoms with Crippen LogP contribution in [-0.2, 0) is 13.0 Å². The minimum Gasteiger partial charge on any atom is -0.391 e. The minimum absolute atomic E-state index is 0.201. The number of aliphatic hydroxyl groups excluding tert-OH is 1. The number of hydrogen-bond acceptors (Lipinski definition) is 2. The second kappa shape index (κ2) is 3.74. The molecule has 56 valence electrons. The van der Waals surface area contributed by atoms with E-state index in [9.17, 15) is 0 Å². The van der Waals surface area contributed by atoms with Crippen molar-refractivity contribution >= 4 is 11.3 Å². The van der Waals surface area contributed by atoms with Crippen molar-refractivity contribution in [3.05, 3.63) is 21.9 Å². The lowest BCUT2D eigenvalue weighted by molar-refractivity contribution is 0.284. The van der Waals surface area contributed by atoms with Crippen molar-refractivity contribution in [3.8, 4) is 0 Å². The average molecular weight is 156 g/mol. The Hall–Kier alpha value is -0.340. The molecule has 0 aliphatic rings. The van der Waals surface area contributed by atoms with E-state index in [1.54, 1.807) is 11.3 Å². The van der Waals surface area contributed by atoms with Gasteiger partial charge >= 0.3 is 0 Å². The van der Waals surface area contributed by atoms with Crippen LogP contribution in [0.4, 0.5) is 0 Å². The number of aliphatic hydroxyl groups is 1. The summed E-state index contributed by atoms with van der Waals surface area (Å²) in [7, 11) is 0. The van der Waals surface area contributed by atoms with E-state index in [0.717, 1.165) is 17.7 Å². The highest BCUT2D eigenvalue weighted by atomic mass is 32.1. The lowest BCUT2D eigenvalue weighted by Crippen LogP contribution is -1.85. The molecule has 0 saturated heterocycles. The highest BCUT2D eigenvalue weighted by molar-refractivity contribution is 7.10. The van der Waals surface area contributed by atoms with Crippen LogP contribution in [0.25, 0.3) is 0 Å². The summed E-state index contributed by atoms with van der Waals surface area (Å²) in [5.41, 5.74) is 1.31. The summed E-state index contributed by atoms with van der Waals surface area (Å²) in [5, 5.41) is 10.9. The summed E-state index contributed by atoms with van der Waals surface area (Å²) in [6, 6.07) is 2.10. The SMILES string of the molecule is CCCc1ccsc1CO. The first kappa shape index (κ1) is 7.76. The third-order valence-corrected chi connectivity index (χ3v) is 2.45. The third-order valence-electron chi connectivity index (χ3n) is 1.50. The maximum absolute atomic E-state index is 8.84. The zero-order valence-corrected chi connectivity index (χ0v) is 6.95. The monoisotopic (exact) mass is 156 g/mol. The standard InChI is InChI=1S/C8H12OS/c1-2-3-7-4-5-10-8(7)6-9/h4-5,9H,2-3,6H2,1H3. The smallest absolute Gasteiger partial charge is 0.0777 e. The van der Waals surface area contributed by atoms with Gasteiger partial charge in [-0.25, -0.2) is 0 Å². The Morgan fingerprint density at radius 3 is 3.00 bits per heavy atom. The number of thiophene rings is 1. The Morgan fingerprint density at radius 2 is 2.40 bits per heavy atom. The number of hydrogen-bond donors (Lipinski definition) is 1. The Kier molecular flexibility index (Phi) is 2.90. The van der Waals surface area contributed by atoms with Gasteiger partial charge in [0.2, 0.25) is 0 Å². The van der Waals surface area contributed by atoms with E-state index in [0.29, 0.717) is 0 Å². The van der Waals surface area contributed by atoms with Crippen LogP contribution >= 0.6 is 11.3 Å². The molecule has 1 rings (SSSR count). The molecule has 0 amide bonds. The van der Waals surface area contributed by atoms with Crippen LogP contribution in [0, 0.1) is 0 Å². The van der Waals surface area contributed by atoms with Crippen LogP contribution in [0.2, 0.25) is 0 Å². The molecule has 1 nitrogen and oxygen atoms in total. The molecular formula is C8H12OS. The first-order chi connectivity index (χ1) is 4.88. The Balaban J connectivity index is 2.70. The molecule has 1 aromatic heterocycles. The van der Waals surface area contributed by atoms with Crippen LogP contribution < -0.4 is 0 Å². The minimum atomic E-state index is 0.201. The van der Waals surface area contributed by atoms with Crippen molar-refractivity contribution in [1.82, 2.24) is 0 Å². The fourth-order valence-corrected chi connectivity index (χ4v) is 1.79. The molecule has 0 saturated carbocycles. The molecule has 0 aromatic carbocycles. The highest BCUT2D eigenvalue weighted by Crippen LogP contribution is 2.17. The van der Waals surface area contributed by atoms with Crippen LogP contribution in [0.5, 0.6) is 0 Å². The molecule has 0 bridgehead atoms. The van der Waals surface area contributed by atoms with Crippen molar-refractivity contribution < 1.29 is 5.11 Å². The predicted molar refractivity (Wildman–Crippen MR) is 44.2 cm³/mol. The molecule has 0 fully saturated rings. The van der Waals surface area contributed by atoms with Crippen LogP contribution in [0.3, 0.4) is 0 Å². The normalized spacial score (nSPS) is 10.2. The van der Waals surface area contributed by atoms with Crippen molar-refractivity contribution in [2.24, 2.45) is 0 Å². The van der Waals surface area contributed by atoms with Crippen LogP contribution in [0.15, 0.2) is 11.4 Å². The average Bonchev–Trinajstić information content (AvgIpc) is 2.36. The Labute approximate surface area is 65.3 Å². The first-order valence-electron chi connectivity index (χ1n) is 3.54. The molecule has 1 heterocycles. The zero-order chi connectivity index (χ0) is 7.40. The second-order valence-electron chi connectivity index (χ2n) is 2.28. The van der Waals surface area contributed by atoms with Crippen molar-refractivity contribution in [2.75, 3.05) is 0 Å². The van der Waals surface area contributed by atoms with E-state index in [-0.39, 0.29) is 6.61 Å². The largest absolute Gasteiger partial charge is 0.391 e.